The largest absolute Gasteiger partial charge is 0.459 e. The number of aryl methyl sites for hydroxylation is 1. The molecule has 5 heteroatoms. The monoisotopic (exact) mass is 270 g/mol. The second-order valence-electron chi connectivity index (χ2n) is 4.80. The average Bonchev–Trinajstić information content (AvgIpc) is 2.77. The summed E-state index contributed by atoms with van der Waals surface area (Å²) in [7, 11) is 0. The molecule has 0 radical (unpaired) electrons. The first-order valence-corrected chi connectivity index (χ1v) is 6.36. The number of carbonyl (C=O) groups excluding carboxylic acids is 2. The van der Waals surface area contributed by atoms with Crippen molar-refractivity contribution in [3.05, 3.63) is 53.5 Å². The Morgan fingerprint density at radius 3 is 2.80 bits per heavy atom. The van der Waals surface area contributed by atoms with E-state index in [2.05, 4.69) is 5.32 Å². The molecule has 20 heavy (non-hydrogen) atoms. The summed E-state index contributed by atoms with van der Waals surface area (Å²) in [5, 5.41) is 2.80. The molecule has 2 aromatic rings. The van der Waals surface area contributed by atoms with E-state index in [4.69, 9.17) is 4.42 Å². The highest BCUT2D eigenvalue weighted by Gasteiger charge is 2.26. The van der Waals surface area contributed by atoms with Crippen LogP contribution in [-0.2, 0) is 11.3 Å². The molecule has 1 aliphatic heterocycles. The molecule has 0 fully saturated rings. The summed E-state index contributed by atoms with van der Waals surface area (Å²) in [5.74, 6) is -0.177. The highest BCUT2D eigenvalue weighted by atomic mass is 16.3. The summed E-state index contributed by atoms with van der Waals surface area (Å²) in [6.45, 7) is 2.21. The van der Waals surface area contributed by atoms with Crippen LogP contribution < -0.4 is 5.32 Å². The number of furan rings is 1. The lowest BCUT2D eigenvalue weighted by Crippen LogP contribution is -2.35. The molecule has 0 atom stereocenters. The third-order valence-corrected chi connectivity index (χ3v) is 3.33. The number of fused-ring (bicyclic) bond motifs is 1. The van der Waals surface area contributed by atoms with E-state index in [9.17, 15) is 9.59 Å². The van der Waals surface area contributed by atoms with Gasteiger partial charge >= 0.3 is 0 Å². The molecule has 1 aromatic heterocycles. The molecule has 5 nitrogen and oxygen atoms in total. The lowest BCUT2D eigenvalue weighted by molar-refractivity contribution is -0.116. The number of hydrogen-bond acceptors (Lipinski definition) is 3. The van der Waals surface area contributed by atoms with Gasteiger partial charge in [-0.25, -0.2) is 0 Å². The molecule has 0 unspecified atom stereocenters. The maximum absolute atomic E-state index is 12.4. The SMILES string of the molecule is Cc1ccoc1C(=O)N1CC(=O)Nc2ccccc2C1. The van der Waals surface area contributed by atoms with Crippen LogP contribution in [0.4, 0.5) is 5.69 Å². The summed E-state index contributed by atoms with van der Waals surface area (Å²) in [5.41, 5.74) is 2.44. The second-order valence-corrected chi connectivity index (χ2v) is 4.80. The molecule has 2 amide bonds. The minimum atomic E-state index is -0.264. The van der Waals surface area contributed by atoms with Gasteiger partial charge in [0.2, 0.25) is 5.91 Å². The lowest BCUT2D eigenvalue weighted by atomic mass is 10.1. The van der Waals surface area contributed by atoms with Gasteiger partial charge in [0.15, 0.2) is 5.76 Å². The Balaban J connectivity index is 1.93. The van der Waals surface area contributed by atoms with Crippen LogP contribution in [0.2, 0.25) is 0 Å². The van der Waals surface area contributed by atoms with E-state index in [0.29, 0.717) is 6.54 Å². The van der Waals surface area contributed by atoms with Crippen molar-refractivity contribution >= 4 is 17.5 Å². The molecule has 0 saturated carbocycles. The molecule has 102 valence electrons. The van der Waals surface area contributed by atoms with E-state index in [1.807, 2.05) is 31.2 Å². The van der Waals surface area contributed by atoms with E-state index in [-0.39, 0.29) is 24.1 Å². The summed E-state index contributed by atoms with van der Waals surface area (Å²) in [4.78, 5) is 25.8. The van der Waals surface area contributed by atoms with Crippen LogP contribution >= 0.6 is 0 Å². The Bertz CT molecular complexity index is 675. The summed E-state index contributed by atoms with van der Waals surface area (Å²) >= 11 is 0. The highest BCUT2D eigenvalue weighted by molar-refractivity contribution is 6.00. The van der Waals surface area contributed by atoms with Gasteiger partial charge in [0, 0.05) is 17.8 Å². The third-order valence-electron chi connectivity index (χ3n) is 3.33. The number of nitrogens with one attached hydrogen (secondary N) is 1. The van der Waals surface area contributed by atoms with Gasteiger partial charge < -0.3 is 14.6 Å². The van der Waals surface area contributed by atoms with Crippen LogP contribution in [0.3, 0.4) is 0 Å². The van der Waals surface area contributed by atoms with Crippen LogP contribution in [0, 0.1) is 6.92 Å². The molecular weight excluding hydrogens is 256 g/mol. The molecule has 0 spiro atoms. The number of nitrogens with zero attached hydrogens (tertiary/aromatic N) is 1. The van der Waals surface area contributed by atoms with Crippen molar-refractivity contribution in [1.82, 2.24) is 4.90 Å². The second kappa shape index (κ2) is 4.85. The van der Waals surface area contributed by atoms with Crippen LogP contribution in [0.5, 0.6) is 0 Å². The number of benzene rings is 1. The molecule has 0 bridgehead atoms. The number of para-hydroxylation sites is 1. The fourth-order valence-corrected chi connectivity index (χ4v) is 2.28. The maximum atomic E-state index is 12.4. The molecule has 2 heterocycles. The first kappa shape index (κ1) is 12.5. The fraction of sp³-hybridized carbons (Fsp3) is 0.200. The van der Waals surface area contributed by atoms with Gasteiger partial charge in [-0.05, 0) is 24.6 Å². The Hall–Kier alpha value is -2.56. The first-order valence-electron chi connectivity index (χ1n) is 6.36. The van der Waals surface area contributed by atoms with Gasteiger partial charge in [-0.1, -0.05) is 18.2 Å². The topological polar surface area (TPSA) is 62.6 Å². The molecule has 1 N–H and O–H groups in total. The Morgan fingerprint density at radius 1 is 1.25 bits per heavy atom. The molecule has 0 aliphatic carbocycles. The molecule has 1 aromatic carbocycles. The van der Waals surface area contributed by atoms with Crippen molar-refractivity contribution < 1.29 is 14.0 Å². The summed E-state index contributed by atoms with van der Waals surface area (Å²) in [6, 6.07) is 9.21. The third kappa shape index (κ3) is 2.18. The normalized spacial score (nSPS) is 14.4. The van der Waals surface area contributed by atoms with Crippen LogP contribution in [0.25, 0.3) is 0 Å². The quantitative estimate of drug-likeness (QED) is 0.864. The molecule has 0 saturated heterocycles. The van der Waals surface area contributed by atoms with Crippen molar-refractivity contribution in [2.75, 3.05) is 11.9 Å². The number of hydrogen-bond donors (Lipinski definition) is 1. The van der Waals surface area contributed by atoms with Crippen LogP contribution in [-0.4, -0.2) is 23.3 Å². The van der Waals surface area contributed by atoms with Gasteiger partial charge in [-0.15, -0.1) is 0 Å². The molecule has 3 rings (SSSR count). The first-order chi connectivity index (χ1) is 9.65. The zero-order valence-corrected chi connectivity index (χ0v) is 11.1. The van der Waals surface area contributed by atoms with Gasteiger partial charge in [0.1, 0.15) is 6.54 Å². The average molecular weight is 270 g/mol. The van der Waals surface area contributed by atoms with E-state index in [0.717, 1.165) is 16.8 Å². The smallest absolute Gasteiger partial charge is 0.290 e. The van der Waals surface area contributed by atoms with Crippen molar-refractivity contribution in [2.45, 2.75) is 13.5 Å². The van der Waals surface area contributed by atoms with E-state index < -0.39 is 0 Å². The zero-order chi connectivity index (χ0) is 14.1. The number of anilines is 1. The van der Waals surface area contributed by atoms with E-state index >= 15 is 0 Å². The van der Waals surface area contributed by atoms with E-state index in [1.54, 1.807) is 6.07 Å². The lowest BCUT2D eigenvalue weighted by Gasteiger charge is -2.18. The van der Waals surface area contributed by atoms with Crippen molar-refractivity contribution in [3.8, 4) is 0 Å². The zero-order valence-electron chi connectivity index (χ0n) is 11.1. The minimum Gasteiger partial charge on any atom is -0.459 e. The Morgan fingerprint density at radius 2 is 2.05 bits per heavy atom. The van der Waals surface area contributed by atoms with E-state index in [1.165, 1.54) is 11.2 Å². The standard InChI is InChI=1S/C15H14N2O3/c1-10-6-7-20-14(10)15(19)17-8-11-4-2-3-5-12(11)16-13(18)9-17/h2-7H,8-9H2,1H3,(H,16,18). The van der Waals surface area contributed by atoms with Gasteiger partial charge in [0.25, 0.3) is 5.91 Å². The summed E-state index contributed by atoms with van der Waals surface area (Å²) in [6.07, 6.45) is 1.48. The number of rotatable bonds is 1. The fourth-order valence-electron chi connectivity index (χ4n) is 2.28. The van der Waals surface area contributed by atoms with Crippen molar-refractivity contribution in [2.24, 2.45) is 0 Å². The van der Waals surface area contributed by atoms with Gasteiger partial charge in [-0.2, -0.15) is 0 Å². The Labute approximate surface area is 116 Å². The Kier molecular flexibility index (Phi) is 3.02. The van der Waals surface area contributed by atoms with Crippen LogP contribution in [0.1, 0.15) is 21.7 Å². The predicted molar refractivity (Wildman–Crippen MR) is 73.3 cm³/mol. The van der Waals surface area contributed by atoms with Gasteiger partial charge in [0.05, 0.1) is 6.26 Å². The van der Waals surface area contributed by atoms with Crippen molar-refractivity contribution in [1.29, 1.82) is 0 Å². The molecular formula is C15H14N2O3. The predicted octanol–water partition coefficient (Wildman–Crippen LogP) is 2.18. The maximum Gasteiger partial charge on any atom is 0.290 e. The van der Waals surface area contributed by atoms with Crippen LogP contribution in [0.15, 0.2) is 41.0 Å². The minimum absolute atomic E-state index is 0.0215. The number of amides is 2. The summed E-state index contributed by atoms with van der Waals surface area (Å²) < 4.78 is 5.22. The van der Waals surface area contributed by atoms with Crippen molar-refractivity contribution in [3.63, 3.8) is 0 Å². The number of carbonyl (C=O) groups is 2. The highest BCUT2D eigenvalue weighted by Crippen LogP contribution is 2.22. The van der Waals surface area contributed by atoms with Gasteiger partial charge in [-0.3, -0.25) is 9.59 Å². The molecule has 1 aliphatic rings.